The van der Waals surface area contributed by atoms with Crippen LogP contribution < -0.4 is 5.73 Å². The van der Waals surface area contributed by atoms with Gasteiger partial charge in [0, 0.05) is 19.1 Å². The van der Waals surface area contributed by atoms with E-state index in [0.29, 0.717) is 12.3 Å². The molecule has 2 aromatic rings. The lowest BCUT2D eigenvalue weighted by Gasteiger charge is -2.16. The van der Waals surface area contributed by atoms with Gasteiger partial charge in [-0.25, -0.2) is 4.98 Å². The van der Waals surface area contributed by atoms with E-state index in [1.807, 2.05) is 29.2 Å². The molecule has 22 heavy (non-hydrogen) atoms. The van der Waals surface area contributed by atoms with Gasteiger partial charge in [-0.05, 0) is 25.5 Å². The summed E-state index contributed by atoms with van der Waals surface area (Å²) < 4.78 is 0. The van der Waals surface area contributed by atoms with Crippen LogP contribution >= 0.6 is 24.2 Å². The second-order valence-electron chi connectivity index (χ2n) is 5.48. The van der Waals surface area contributed by atoms with Crippen LogP contribution in [0.5, 0.6) is 0 Å². The van der Waals surface area contributed by atoms with Gasteiger partial charge in [0.1, 0.15) is 5.82 Å². The van der Waals surface area contributed by atoms with Crippen LogP contribution in [0, 0.1) is 0 Å². The molecule has 1 amide bonds. The van der Waals surface area contributed by atoms with Gasteiger partial charge in [-0.2, -0.15) is 0 Å². The number of hydrogen-bond donors (Lipinski definition) is 2. The highest BCUT2D eigenvalue weighted by atomic mass is 35.5. The van der Waals surface area contributed by atoms with Crippen molar-refractivity contribution in [1.29, 1.82) is 0 Å². The Labute approximate surface area is 140 Å². The Morgan fingerprint density at radius 1 is 1.55 bits per heavy atom. The third kappa shape index (κ3) is 3.74. The van der Waals surface area contributed by atoms with Crippen LogP contribution in [-0.2, 0) is 4.79 Å². The van der Waals surface area contributed by atoms with Gasteiger partial charge >= 0.3 is 0 Å². The van der Waals surface area contributed by atoms with E-state index in [9.17, 15) is 4.79 Å². The summed E-state index contributed by atoms with van der Waals surface area (Å²) in [6, 6.07) is 8.11. The zero-order valence-corrected chi connectivity index (χ0v) is 14.1. The highest BCUT2D eigenvalue weighted by Crippen LogP contribution is 2.28. The number of likely N-dealkylation sites (tertiary alicyclic amines) is 1. The van der Waals surface area contributed by atoms with E-state index in [-0.39, 0.29) is 29.6 Å². The molecule has 120 valence electrons. The number of nitrogens with two attached hydrogens (primary N) is 1. The zero-order valence-electron chi connectivity index (χ0n) is 12.5. The van der Waals surface area contributed by atoms with Crippen LogP contribution in [0.1, 0.15) is 24.4 Å². The molecule has 1 aliphatic heterocycles. The average molecular weight is 341 g/mol. The molecule has 2 atom stereocenters. The van der Waals surface area contributed by atoms with Crippen molar-refractivity contribution in [2.75, 3.05) is 18.8 Å². The van der Waals surface area contributed by atoms with Crippen molar-refractivity contribution in [3.63, 3.8) is 0 Å². The van der Waals surface area contributed by atoms with E-state index in [1.54, 1.807) is 11.8 Å². The first-order valence-electron chi connectivity index (χ1n) is 7.23. The first kappa shape index (κ1) is 17.1. The second-order valence-corrected chi connectivity index (χ2v) is 6.81. The largest absolute Gasteiger partial charge is 0.341 e. The minimum Gasteiger partial charge on any atom is -0.341 e. The molecular weight excluding hydrogens is 320 g/mol. The van der Waals surface area contributed by atoms with Crippen molar-refractivity contribution in [3.8, 4) is 0 Å². The number of thioether (sulfide) groups is 1. The van der Waals surface area contributed by atoms with Gasteiger partial charge in [0.25, 0.3) is 0 Å². The predicted octanol–water partition coefficient (Wildman–Crippen LogP) is 2.34. The van der Waals surface area contributed by atoms with Crippen LogP contribution in [0.2, 0.25) is 0 Å². The molecule has 7 heteroatoms. The average Bonchev–Trinajstić information content (AvgIpc) is 3.10. The van der Waals surface area contributed by atoms with Crippen LogP contribution in [0.3, 0.4) is 0 Å². The molecular formula is C15H21ClN4OS. The van der Waals surface area contributed by atoms with Crippen LogP contribution in [0.4, 0.5) is 0 Å². The number of aromatic nitrogens is 2. The molecule has 1 unspecified atom stereocenters. The van der Waals surface area contributed by atoms with E-state index in [4.69, 9.17) is 5.73 Å². The molecule has 1 saturated heterocycles. The number of imidazole rings is 1. The molecule has 1 aromatic carbocycles. The fourth-order valence-corrected chi connectivity index (χ4v) is 3.39. The van der Waals surface area contributed by atoms with E-state index < -0.39 is 0 Å². The molecule has 0 bridgehead atoms. The molecule has 2 heterocycles. The van der Waals surface area contributed by atoms with Crippen LogP contribution in [0.25, 0.3) is 11.0 Å². The monoisotopic (exact) mass is 340 g/mol. The standard InChI is InChI=1S/C15H20N4OS.ClH/c1-10(15-17-12-4-2-3-5-13(12)18-15)21-9-14(20)19-7-6-11(16)8-19;/h2-5,10-11H,6-9,16H2,1H3,(H,17,18);1H/t10?,11-;/m1./s1. The van der Waals surface area contributed by atoms with E-state index in [0.717, 1.165) is 29.8 Å². The Kier molecular flexibility index (Phi) is 5.72. The molecule has 3 N–H and O–H groups in total. The molecule has 0 aliphatic carbocycles. The summed E-state index contributed by atoms with van der Waals surface area (Å²) >= 11 is 1.62. The molecule has 0 radical (unpaired) electrons. The number of para-hydroxylation sites is 2. The maximum Gasteiger partial charge on any atom is 0.232 e. The highest BCUT2D eigenvalue weighted by molar-refractivity contribution is 8.00. The Morgan fingerprint density at radius 3 is 3.00 bits per heavy atom. The summed E-state index contributed by atoms with van der Waals surface area (Å²) in [5.41, 5.74) is 7.85. The molecule has 0 saturated carbocycles. The van der Waals surface area contributed by atoms with Gasteiger partial charge in [-0.15, -0.1) is 24.2 Å². The van der Waals surface area contributed by atoms with Crippen LogP contribution in [0.15, 0.2) is 24.3 Å². The number of nitrogens with one attached hydrogen (secondary N) is 1. The summed E-state index contributed by atoms with van der Waals surface area (Å²) in [6.45, 7) is 3.56. The Morgan fingerprint density at radius 2 is 2.32 bits per heavy atom. The summed E-state index contributed by atoms with van der Waals surface area (Å²) in [7, 11) is 0. The maximum atomic E-state index is 12.1. The number of H-pyrrole nitrogens is 1. The molecule has 1 aromatic heterocycles. The van der Waals surface area contributed by atoms with Gasteiger partial charge in [-0.1, -0.05) is 12.1 Å². The normalized spacial score (nSPS) is 19.2. The topological polar surface area (TPSA) is 75.0 Å². The van der Waals surface area contributed by atoms with Gasteiger partial charge in [0.15, 0.2) is 0 Å². The maximum absolute atomic E-state index is 12.1. The number of fused-ring (bicyclic) bond motifs is 1. The van der Waals surface area contributed by atoms with Crippen molar-refractivity contribution in [3.05, 3.63) is 30.1 Å². The predicted molar refractivity (Wildman–Crippen MR) is 93.4 cm³/mol. The minimum absolute atomic E-state index is 0. The number of amides is 1. The lowest BCUT2D eigenvalue weighted by molar-refractivity contribution is -0.127. The molecule has 3 rings (SSSR count). The lowest BCUT2D eigenvalue weighted by atomic mass is 10.3. The zero-order chi connectivity index (χ0) is 14.8. The van der Waals surface area contributed by atoms with Gasteiger partial charge in [0.05, 0.1) is 22.0 Å². The Bertz CT molecular complexity index is 614. The first-order valence-corrected chi connectivity index (χ1v) is 8.28. The second kappa shape index (κ2) is 7.35. The third-order valence-corrected chi connectivity index (χ3v) is 4.96. The van der Waals surface area contributed by atoms with Crippen molar-refractivity contribution in [1.82, 2.24) is 14.9 Å². The molecule has 1 aliphatic rings. The summed E-state index contributed by atoms with van der Waals surface area (Å²) in [5.74, 6) is 1.58. The minimum atomic E-state index is 0. The molecule has 5 nitrogen and oxygen atoms in total. The fraction of sp³-hybridized carbons (Fsp3) is 0.467. The summed E-state index contributed by atoms with van der Waals surface area (Å²) in [6.07, 6.45) is 0.912. The van der Waals surface area contributed by atoms with Crippen molar-refractivity contribution in [2.24, 2.45) is 5.73 Å². The summed E-state index contributed by atoms with van der Waals surface area (Å²) in [4.78, 5) is 21.9. The van der Waals surface area contributed by atoms with Gasteiger partial charge in [-0.3, -0.25) is 4.79 Å². The Balaban J connectivity index is 0.00000176. The van der Waals surface area contributed by atoms with E-state index in [1.165, 1.54) is 0 Å². The molecule has 1 fully saturated rings. The lowest BCUT2D eigenvalue weighted by Crippen LogP contribution is -2.33. The summed E-state index contributed by atoms with van der Waals surface area (Å²) in [5, 5.41) is 0.164. The number of aromatic amines is 1. The van der Waals surface area contributed by atoms with Crippen molar-refractivity contribution < 1.29 is 4.79 Å². The van der Waals surface area contributed by atoms with Gasteiger partial charge < -0.3 is 15.6 Å². The third-order valence-electron chi connectivity index (χ3n) is 3.83. The Hall–Kier alpha value is -1.24. The fourth-order valence-electron chi connectivity index (χ4n) is 2.55. The molecule has 0 spiro atoms. The van der Waals surface area contributed by atoms with Crippen molar-refractivity contribution >= 4 is 41.1 Å². The van der Waals surface area contributed by atoms with E-state index >= 15 is 0 Å². The van der Waals surface area contributed by atoms with Crippen molar-refractivity contribution in [2.45, 2.75) is 24.6 Å². The number of rotatable bonds is 4. The SMILES string of the molecule is CC(SCC(=O)N1CC[C@@H](N)C1)c1nc2ccccc2[nH]1.Cl. The quantitative estimate of drug-likeness (QED) is 0.895. The number of benzene rings is 1. The number of carbonyl (C=O) groups is 1. The number of hydrogen-bond acceptors (Lipinski definition) is 4. The number of halogens is 1. The van der Waals surface area contributed by atoms with Crippen LogP contribution in [-0.4, -0.2) is 45.7 Å². The highest BCUT2D eigenvalue weighted by Gasteiger charge is 2.24. The first-order chi connectivity index (χ1) is 10.1. The number of carbonyl (C=O) groups excluding carboxylic acids is 1. The number of nitrogens with zero attached hydrogens (tertiary/aromatic N) is 2. The smallest absolute Gasteiger partial charge is 0.232 e. The van der Waals surface area contributed by atoms with Gasteiger partial charge in [0.2, 0.25) is 5.91 Å². The van der Waals surface area contributed by atoms with E-state index in [2.05, 4.69) is 16.9 Å².